The zero-order valence-electron chi connectivity index (χ0n) is 16.1. The number of hydrogen-bond acceptors (Lipinski definition) is 6. The minimum atomic E-state index is -0.655. The lowest BCUT2D eigenvalue weighted by atomic mass is 10.1. The Balaban J connectivity index is 1.92. The highest BCUT2D eigenvalue weighted by molar-refractivity contribution is 5.95. The van der Waals surface area contributed by atoms with E-state index in [0.717, 1.165) is 0 Å². The molecule has 2 aromatic carbocycles. The second-order valence-electron chi connectivity index (χ2n) is 5.53. The number of anilines is 1. The molecule has 7 heteroatoms. The zero-order chi connectivity index (χ0) is 20.4. The highest BCUT2D eigenvalue weighted by Crippen LogP contribution is 2.25. The Bertz CT molecular complexity index is 847. The van der Waals surface area contributed by atoms with Crippen LogP contribution in [-0.4, -0.2) is 39.3 Å². The lowest BCUT2D eigenvalue weighted by Crippen LogP contribution is -2.20. The summed E-state index contributed by atoms with van der Waals surface area (Å²) in [5, 5.41) is 2.66. The normalized spacial score (nSPS) is 10.4. The van der Waals surface area contributed by atoms with Gasteiger partial charge >= 0.3 is 5.97 Å². The van der Waals surface area contributed by atoms with Gasteiger partial charge in [-0.05, 0) is 43.3 Å². The highest BCUT2D eigenvalue weighted by Gasteiger charge is 2.09. The number of carbonyl (C=O) groups is 2. The van der Waals surface area contributed by atoms with Crippen LogP contribution in [0.3, 0.4) is 0 Å². The molecule has 148 valence electrons. The Hall–Kier alpha value is -3.48. The average Bonchev–Trinajstić information content (AvgIpc) is 2.72. The van der Waals surface area contributed by atoms with E-state index < -0.39 is 18.5 Å². The second kappa shape index (κ2) is 10.6. The highest BCUT2D eigenvalue weighted by atomic mass is 16.5. The third-order valence-corrected chi connectivity index (χ3v) is 3.64. The summed E-state index contributed by atoms with van der Waals surface area (Å²) in [5.74, 6) is 0.636. The van der Waals surface area contributed by atoms with Gasteiger partial charge in [0.05, 0.1) is 26.5 Å². The first-order chi connectivity index (χ1) is 13.6. The molecule has 0 radical (unpaired) electrons. The smallest absolute Gasteiger partial charge is 0.331 e. The van der Waals surface area contributed by atoms with E-state index in [1.807, 2.05) is 6.92 Å². The van der Waals surface area contributed by atoms with Crippen molar-refractivity contribution in [2.24, 2.45) is 0 Å². The minimum Gasteiger partial charge on any atom is -0.497 e. The molecule has 1 amide bonds. The number of para-hydroxylation sites is 2. The van der Waals surface area contributed by atoms with Crippen LogP contribution >= 0.6 is 0 Å². The third kappa shape index (κ3) is 6.05. The van der Waals surface area contributed by atoms with Gasteiger partial charge in [0.1, 0.15) is 17.2 Å². The Kier molecular flexibility index (Phi) is 7.90. The van der Waals surface area contributed by atoms with Gasteiger partial charge in [-0.3, -0.25) is 4.79 Å². The summed E-state index contributed by atoms with van der Waals surface area (Å²) >= 11 is 0. The molecule has 0 heterocycles. The number of hydrogen-bond donors (Lipinski definition) is 1. The van der Waals surface area contributed by atoms with E-state index in [1.54, 1.807) is 49.6 Å². The lowest BCUT2D eigenvalue weighted by Gasteiger charge is -2.11. The molecule has 0 saturated heterocycles. The number of esters is 1. The van der Waals surface area contributed by atoms with E-state index in [0.29, 0.717) is 35.1 Å². The predicted molar refractivity (Wildman–Crippen MR) is 106 cm³/mol. The van der Waals surface area contributed by atoms with E-state index >= 15 is 0 Å². The summed E-state index contributed by atoms with van der Waals surface area (Å²) in [6, 6.07) is 12.2. The molecular weight excluding hydrogens is 362 g/mol. The van der Waals surface area contributed by atoms with Gasteiger partial charge < -0.3 is 24.3 Å². The summed E-state index contributed by atoms with van der Waals surface area (Å²) in [4.78, 5) is 23.9. The molecule has 2 aromatic rings. The predicted octanol–water partition coefficient (Wildman–Crippen LogP) is 3.30. The Morgan fingerprint density at radius 3 is 2.54 bits per heavy atom. The lowest BCUT2D eigenvalue weighted by molar-refractivity contribution is -0.142. The Labute approximate surface area is 163 Å². The first-order valence-electron chi connectivity index (χ1n) is 8.66. The SMILES string of the molecule is CCOc1ccccc1NC(=O)COC(=O)/C=C/c1cc(OC)ccc1OC. The van der Waals surface area contributed by atoms with E-state index in [-0.39, 0.29) is 0 Å². The van der Waals surface area contributed by atoms with Crippen LogP contribution in [0.5, 0.6) is 17.2 Å². The molecule has 0 saturated carbocycles. The second-order valence-corrected chi connectivity index (χ2v) is 5.53. The molecule has 0 spiro atoms. The largest absolute Gasteiger partial charge is 0.497 e. The number of amides is 1. The number of ether oxygens (including phenoxy) is 4. The maximum absolute atomic E-state index is 12.0. The fourth-order valence-electron chi connectivity index (χ4n) is 2.35. The van der Waals surface area contributed by atoms with E-state index in [1.165, 1.54) is 19.3 Å². The molecule has 1 N–H and O–H groups in total. The van der Waals surface area contributed by atoms with E-state index in [9.17, 15) is 9.59 Å². The number of benzene rings is 2. The number of rotatable bonds is 9. The van der Waals surface area contributed by atoms with Gasteiger partial charge in [0.15, 0.2) is 6.61 Å². The van der Waals surface area contributed by atoms with Gasteiger partial charge in [0.2, 0.25) is 0 Å². The molecule has 0 aromatic heterocycles. The summed E-state index contributed by atoms with van der Waals surface area (Å²) in [7, 11) is 3.08. The molecule has 0 unspecified atom stereocenters. The van der Waals surface area contributed by atoms with Gasteiger partial charge in [-0.25, -0.2) is 4.79 Å². The van der Waals surface area contributed by atoms with Crippen molar-refractivity contribution in [1.29, 1.82) is 0 Å². The molecule has 0 aliphatic carbocycles. The molecule has 0 fully saturated rings. The number of nitrogens with one attached hydrogen (secondary N) is 1. The molecule has 0 aliphatic heterocycles. The van der Waals surface area contributed by atoms with Crippen LogP contribution in [0.2, 0.25) is 0 Å². The van der Waals surface area contributed by atoms with Gasteiger partial charge in [-0.1, -0.05) is 12.1 Å². The third-order valence-electron chi connectivity index (χ3n) is 3.64. The van der Waals surface area contributed by atoms with E-state index in [4.69, 9.17) is 18.9 Å². The summed E-state index contributed by atoms with van der Waals surface area (Å²) in [5.41, 5.74) is 1.16. The molecule has 2 rings (SSSR count). The van der Waals surface area contributed by atoms with Crippen molar-refractivity contribution in [3.8, 4) is 17.2 Å². The van der Waals surface area contributed by atoms with Crippen molar-refractivity contribution in [1.82, 2.24) is 0 Å². The molecular formula is C21H23NO6. The van der Waals surface area contributed by atoms with Crippen molar-refractivity contribution < 1.29 is 28.5 Å². The van der Waals surface area contributed by atoms with Crippen molar-refractivity contribution in [2.45, 2.75) is 6.92 Å². The van der Waals surface area contributed by atoms with Gasteiger partial charge in [-0.15, -0.1) is 0 Å². The topological polar surface area (TPSA) is 83.1 Å². The van der Waals surface area contributed by atoms with Gasteiger partial charge in [-0.2, -0.15) is 0 Å². The number of carbonyl (C=O) groups excluding carboxylic acids is 2. The van der Waals surface area contributed by atoms with Crippen molar-refractivity contribution in [2.75, 3.05) is 32.8 Å². The molecule has 0 bridgehead atoms. The van der Waals surface area contributed by atoms with Crippen LogP contribution in [-0.2, 0) is 14.3 Å². The maximum Gasteiger partial charge on any atom is 0.331 e. The van der Waals surface area contributed by atoms with Crippen LogP contribution in [0.4, 0.5) is 5.69 Å². The van der Waals surface area contributed by atoms with Crippen molar-refractivity contribution >= 4 is 23.6 Å². The fraction of sp³-hybridized carbons (Fsp3) is 0.238. The van der Waals surface area contributed by atoms with Crippen LogP contribution in [0.1, 0.15) is 12.5 Å². The molecule has 7 nitrogen and oxygen atoms in total. The van der Waals surface area contributed by atoms with Gasteiger partial charge in [0, 0.05) is 11.6 Å². The van der Waals surface area contributed by atoms with Crippen molar-refractivity contribution in [3.63, 3.8) is 0 Å². The Morgan fingerprint density at radius 1 is 1.04 bits per heavy atom. The fourth-order valence-corrected chi connectivity index (χ4v) is 2.35. The van der Waals surface area contributed by atoms with Crippen LogP contribution in [0.15, 0.2) is 48.5 Å². The van der Waals surface area contributed by atoms with Crippen molar-refractivity contribution in [3.05, 3.63) is 54.1 Å². The zero-order valence-corrected chi connectivity index (χ0v) is 16.1. The molecule has 28 heavy (non-hydrogen) atoms. The van der Waals surface area contributed by atoms with Gasteiger partial charge in [0.25, 0.3) is 5.91 Å². The summed E-state index contributed by atoms with van der Waals surface area (Å²) in [6.45, 7) is 1.91. The maximum atomic E-state index is 12.0. The molecule has 0 aliphatic rings. The molecule has 0 atom stereocenters. The summed E-state index contributed by atoms with van der Waals surface area (Å²) < 4.78 is 20.8. The first kappa shape index (κ1) is 20.8. The Morgan fingerprint density at radius 2 is 1.82 bits per heavy atom. The number of methoxy groups -OCH3 is 2. The van der Waals surface area contributed by atoms with Crippen LogP contribution in [0.25, 0.3) is 6.08 Å². The standard InChI is InChI=1S/C21H23NO6/c1-4-27-19-8-6-5-7-17(19)22-20(23)14-28-21(24)12-9-15-13-16(25-2)10-11-18(15)26-3/h5-13H,4,14H2,1-3H3,(H,22,23)/b12-9+. The van der Waals surface area contributed by atoms with Crippen LogP contribution < -0.4 is 19.5 Å². The minimum absolute atomic E-state index is 0.418. The summed E-state index contributed by atoms with van der Waals surface area (Å²) in [6.07, 6.45) is 2.75. The average molecular weight is 385 g/mol. The van der Waals surface area contributed by atoms with E-state index in [2.05, 4.69) is 5.32 Å². The van der Waals surface area contributed by atoms with Crippen LogP contribution in [0, 0.1) is 0 Å². The monoisotopic (exact) mass is 385 g/mol. The first-order valence-corrected chi connectivity index (χ1v) is 8.66. The quantitative estimate of drug-likeness (QED) is 0.527.